The smallest absolute Gasteiger partial charge is 0.291 e. The van der Waals surface area contributed by atoms with Gasteiger partial charge in [-0.2, -0.15) is 0 Å². The first kappa shape index (κ1) is 21.9. The molecule has 0 radical (unpaired) electrons. The van der Waals surface area contributed by atoms with Gasteiger partial charge in [0.05, 0.1) is 35.5 Å². The molecule has 0 unspecified atom stereocenters. The highest BCUT2D eigenvalue weighted by atomic mass is 16.5. The Hall–Kier alpha value is -4.92. The summed E-state index contributed by atoms with van der Waals surface area (Å²) in [5, 5.41) is 3.50. The van der Waals surface area contributed by atoms with Gasteiger partial charge in [0, 0.05) is 24.4 Å². The Morgan fingerprint density at radius 1 is 1.23 bits per heavy atom. The minimum absolute atomic E-state index is 0.285. The van der Waals surface area contributed by atoms with Gasteiger partial charge in [-0.3, -0.25) is 9.59 Å². The molecule has 0 aliphatic carbocycles. The molecule has 0 saturated heterocycles. The Balaban J connectivity index is 1.51. The largest absolute Gasteiger partial charge is 0.495 e. The summed E-state index contributed by atoms with van der Waals surface area (Å²) >= 11 is 0. The predicted octanol–water partition coefficient (Wildman–Crippen LogP) is 4.44. The molecule has 0 fully saturated rings. The Labute approximate surface area is 199 Å². The number of anilines is 2. The number of imidazole rings is 1. The molecule has 3 aromatic heterocycles. The van der Waals surface area contributed by atoms with E-state index in [4.69, 9.17) is 14.9 Å². The van der Waals surface area contributed by atoms with Crippen LogP contribution in [0.2, 0.25) is 0 Å². The number of benzene rings is 2. The van der Waals surface area contributed by atoms with Crippen LogP contribution >= 0.6 is 0 Å². The van der Waals surface area contributed by atoms with Crippen molar-refractivity contribution >= 4 is 51.8 Å². The molecule has 174 valence electrons. The summed E-state index contributed by atoms with van der Waals surface area (Å²) in [5.41, 5.74) is 10.8. The van der Waals surface area contributed by atoms with Crippen LogP contribution in [0.5, 0.6) is 5.75 Å². The summed E-state index contributed by atoms with van der Waals surface area (Å²) < 4.78 is 13.1. The number of rotatable bonds is 6. The normalized spacial score (nSPS) is 11.4. The van der Waals surface area contributed by atoms with Crippen molar-refractivity contribution in [2.75, 3.05) is 18.2 Å². The monoisotopic (exact) mass is 467 g/mol. The van der Waals surface area contributed by atoms with E-state index in [9.17, 15) is 9.59 Å². The maximum atomic E-state index is 13.0. The Morgan fingerprint density at radius 3 is 2.83 bits per heavy atom. The van der Waals surface area contributed by atoms with Gasteiger partial charge in [-0.25, -0.2) is 9.97 Å². The van der Waals surface area contributed by atoms with Gasteiger partial charge in [0.1, 0.15) is 23.4 Å². The van der Waals surface area contributed by atoms with Crippen molar-refractivity contribution in [2.24, 2.45) is 7.05 Å². The summed E-state index contributed by atoms with van der Waals surface area (Å²) in [4.78, 5) is 32.4. The number of aromatic nitrogens is 3. The van der Waals surface area contributed by atoms with Crippen LogP contribution in [0.3, 0.4) is 0 Å². The first-order valence-electron chi connectivity index (χ1n) is 10.7. The number of hydrogen-bond acceptors (Lipinski definition) is 7. The fourth-order valence-electron chi connectivity index (χ4n) is 4.05. The molecular formula is C26H21N5O4. The number of carbonyl (C=O) groups excluding carboxylic acids is 2. The molecule has 9 heteroatoms. The third-order valence-electron chi connectivity index (χ3n) is 5.76. The number of nitrogens with two attached hydrogens (primary N) is 1. The number of methoxy groups -OCH3 is 1. The zero-order valence-corrected chi connectivity index (χ0v) is 19.0. The Kier molecular flexibility index (Phi) is 5.50. The number of nitrogens with one attached hydrogen (secondary N) is 1. The summed E-state index contributed by atoms with van der Waals surface area (Å²) in [6.07, 6.45) is 6.77. The van der Waals surface area contributed by atoms with E-state index in [-0.39, 0.29) is 11.7 Å². The molecular weight excluding hydrogens is 446 g/mol. The Bertz CT molecular complexity index is 1630. The first-order chi connectivity index (χ1) is 17.0. The lowest BCUT2D eigenvalue weighted by Crippen LogP contribution is -2.17. The van der Waals surface area contributed by atoms with Crippen molar-refractivity contribution in [3.63, 3.8) is 0 Å². The molecule has 5 aromatic rings. The van der Waals surface area contributed by atoms with Crippen LogP contribution < -0.4 is 15.8 Å². The van der Waals surface area contributed by atoms with Crippen molar-refractivity contribution in [2.45, 2.75) is 0 Å². The Morgan fingerprint density at radius 2 is 2.06 bits per heavy atom. The molecule has 3 N–H and O–H groups in total. The standard InChI is InChI=1S/C26H21N5O4/c1-31-20-8-4-3-7-18(20)29-25(31)26(33)30-19-10-9-15(12-21(19)34-2)17-14-35-23-16(6-5-11-32)13-28-24(27)22(17)23/h3-14H,1-2H3,(H2,27,28)(H,30,33)/b6-5+. The fourth-order valence-corrected chi connectivity index (χ4v) is 4.05. The van der Waals surface area contributed by atoms with Crippen LogP contribution in [0.15, 0.2) is 65.4 Å². The summed E-state index contributed by atoms with van der Waals surface area (Å²) in [6.45, 7) is 0. The van der Waals surface area contributed by atoms with Crippen LogP contribution in [0.4, 0.5) is 11.5 Å². The van der Waals surface area contributed by atoms with Crippen molar-refractivity contribution in [3.8, 4) is 16.9 Å². The van der Waals surface area contributed by atoms with Gasteiger partial charge in [0.15, 0.2) is 5.82 Å². The number of nitrogens with zero attached hydrogens (tertiary/aromatic N) is 3. The minimum atomic E-state index is -0.358. The van der Waals surface area contributed by atoms with E-state index >= 15 is 0 Å². The first-order valence-corrected chi connectivity index (χ1v) is 10.7. The molecule has 0 aliphatic heterocycles. The van der Waals surface area contributed by atoms with Gasteiger partial charge >= 0.3 is 0 Å². The lowest BCUT2D eigenvalue weighted by atomic mass is 10.0. The number of pyridine rings is 1. The highest BCUT2D eigenvalue weighted by molar-refractivity contribution is 6.06. The predicted molar refractivity (Wildman–Crippen MR) is 134 cm³/mol. The molecule has 1 amide bonds. The van der Waals surface area contributed by atoms with E-state index in [0.717, 1.165) is 16.6 Å². The number of ether oxygens (including phenoxy) is 1. The van der Waals surface area contributed by atoms with Crippen LogP contribution in [0, 0.1) is 0 Å². The molecule has 9 nitrogen and oxygen atoms in total. The topological polar surface area (TPSA) is 125 Å². The number of aldehydes is 1. The number of hydrogen-bond donors (Lipinski definition) is 2. The van der Waals surface area contributed by atoms with E-state index in [1.165, 1.54) is 13.2 Å². The van der Waals surface area contributed by atoms with Crippen LogP contribution in [0.25, 0.3) is 39.2 Å². The van der Waals surface area contributed by atoms with Crippen LogP contribution in [0.1, 0.15) is 16.2 Å². The van der Waals surface area contributed by atoms with Crippen LogP contribution in [-0.2, 0) is 11.8 Å². The number of allylic oxidation sites excluding steroid dienone is 1. The van der Waals surface area contributed by atoms with Crippen LogP contribution in [-0.4, -0.2) is 33.8 Å². The summed E-state index contributed by atoms with van der Waals surface area (Å²) in [7, 11) is 3.32. The average molecular weight is 467 g/mol. The van der Waals surface area contributed by atoms with Gasteiger partial charge < -0.3 is 24.8 Å². The minimum Gasteiger partial charge on any atom is -0.495 e. The highest BCUT2D eigenvalue weighted by Crippen LogP contribution is 2.38. The summed E-state index contributed by atoms with van der Waals surface area (Å²) in [6, 6.07) is 12.9. The van der Waals surface area contributed by atoms with E-state index < -0.39 is 0 Å². The third-order valence-corrected chi connectivity index (χ3v) is 5.76. The van der Waals surface area contributed by atoms with E-state index in [1.807, 2.05) is 30.3 Å². The molecule has 2 aromatic carbocycles. The van der Waals surface area contributed by atoms with Gasteiger partial charge in [-0.1, -0.05) is 18.2 Å². The van der Waals surface area contributed by atoms with E-state index in [1.54, 1.807) is 42.3 Å². The third kappa shape index (κ3) is 3.78. The molecule has 3 heterocycles. The second-order valence-electron chi connectivity index (χ2n) is 7.80. The lowest BCUT2D eigenvalue weighted by Gasteiger charge is -2.12. The zero-order valence-electron chi connectivity index (χ0n) is 19.0. The highest BCUT2D eigenvalue weighted by Gasteiger charge is 2.19. The van der Waals surface area contributed by atoms with Crippen molar-refractivity contribution < 1.29 is 18.7 Å². The molecule has 0 bridgehead atoms. The lowest BCUT2D eigenvalue weighted by molar-refractivity contribution is -0.104. The number of nitrogen functional groups attached to an aromatic ring is 1. The quantitative estimate of drug-likeness (QED) is 0.279. The number of fused-ring (bicyclic) bond motifs is 2. The SMILES string of the molecule is COc1cc(-c2coc3c(/C=C/C=O)cnc(N)c23)ccc1NC(=O)c1nc2ccccc2n1C. The average Bonchev–Trinajstić information content (AvgIpc) is 3.47. The molecule has 0 aliphatic rings. The molecule has 0 atom stereocenters. The molecule has 5 rings (SSSR count). The molecule has 0 saturated carbocycles. The van der Waals surface area contributed by atoms with Gasteiger partial charge in [0.2, 0.25) is 0 Å². The van der Waals surface area contributed by atoms with Crippen molar-refractivity contribution in [3.05, 3.63) is 72.4 Å². The van der Waals surface area contributed by atoms with Gasteiger partial charge in [0.25, 0.3) is 5.91 Å². The van der Waals surface area contributed by atoms with Crippen molar-refractivity contribution in [1.82, 2.24) is 14.5 Å². The molecule has 35 heavy (non-hydrogen) atoms. The summed E-state index contributed by atoms with van der Waals surface area (Å²) in [5.74, 6) is 0.675. The zero-order chi connectivity index (χ0) is 24.5. The number of carbonyl (C=O) groups is 2. The fraction of sp³-hybridized carbons (Fsp3) is 0.0769. The van der Waals surface area contributed by atoms with Gasteiger partial charge in [-0.15, -0.1) is 0 Å². The number of amides is 1. The number of para-hydroxylation sites is 2. The second-order valence-corrected chi connectivity index (χ2v) is 7.80. The number of furan rings is 1. The van der Waals surface area contributed by atoms with E-state index in [0.29, 0.717) is 45.6 Å². The van der Waals surface area contributed by atoms with Crippen molar-refractivity contribution in [1.29, 1.82) is 0 Å². The maximum absolute atomic E-state index is 13.0. The second kappa shape index (κ2) is 8.79. The van der Waals surface area contributed by atoms with Gasteiger partial charge in [-0.05, 0) is 42.0 Å². The van der Waals surface area contributed by atoms with E-state index in [2.05, 4.69) is 15.3 Å². The maximum Gasteiger partial charge on any atom is 0.291 e. The number of aryl methyl sites for hydroxylation is 1. The molecule has 0 spiro atoms.